The fourth-order valence-corrected chi connectivity index (χ4v) is 2.18. The fourth-order valence-electron chi connectivity index (χ4n) is 2.18. The van der Waals surface area contributed by atoms with E-state index >= 15 is 0 Å². The highest BCUT2D eigenvalue weighted by Gasteiger charge is 2.30. The minimum Gasteiger partial charge on any atom is -0.497 e. The van der Waals surface area contributed by atoms with Crippen molar-refractivity contribution in [1.82, 2.24) is 5.48 Å². The number of benzene rings is 1. The number of nitrogens with one attached hydrogen (secondary N) is 1. The second kappa shape index (κ2) is 6.73. The Morgan fingerprint density at radius 1 is 1.22 bits per heavy atom. The maximum atomic E-state index is 5.31. The van der Waals surface area contributed by atoms with Gasteiger partial charge < -0.3 is 9.47 Å². The number of rotatable bonds is 7. The lowest BCUT2D eigenvalue weighted by Crippen LogP contribution is -2.40. The molecule has 0 heterocycles. The van der Waals surface area contributed by atoms with E-state index in [9.17, 15) is 0 Å². The molecule has 0 bridgehead atoms. The zero-order chi connectivity index (χ0) is 12.8. The van der Waals surface area contributed by atoms with Crippen molar-refractivity contribution in [2.45, 2.75) is 24.8 Å². The molecule has 0 spiro atoms. The van der Waals surface area contributed by atoms with Gasteiger partial charge in [0.15, 0.2) is 0 Å². The molecular weight excluding hydrogens is 230 g/mol. The smallest absolute Gasteiger partial charge is 0.119 e. The standard InChI is InChI=1S/C14H21NO3/c1-16-6-7-18-15-13-8-12(9-13)11-4-3-5-14(10-11)17-2/h3-5,10,12-13,15H,6-9H2,1-2H3. The van der Waals surface area contributed by atoms with Crippen LogP contribution in [-0.2, 0) is 9.57 Å². The molecule has 0 aliphatic heterocycles. The van der Waals surface area contributed by atoms with E-state index in [1.54, 1.807) is 14.2 Å². The van der Waals surface area contributed by atoms with Gasteiger partial charge in [-0.05, 0) is 36.5 Å². The molecule has 0 aromatic heterocycles. The van der Waals surface area contributed by atoms with Crippen LogP contribution in [-0.4, -0.2) is 33.5 Å². The van der Waals surface area contributed by atoms with Crippen LogP contribution in [0.15, 0.2) is 24.3 Å². The van der Waals surface area contributed by atoms with Crippen LogP contribution < -0.4 is 10.2 Å². The molecule has 18 heavy (non-hydrogen) atoms. The van der Waals surface area contributed by atoms with Crippen LogP contribution in [0.2, 0.25) is 0 Å². The molecule has 0 unspecified atom stereocenters. The lowest BCUT2D eigenvalue weighted by Gasteiger charge is -2.35. The summed E-state index contributed by atoms with van der Waals surface area (Å²) < 4.78 is 10.2. The first-order valence-corrected chi connectivity index (χ1v) is 6.33. The number of ether oxygens (including phenoxy) is 2. The zero-order valence-corrected chi connectivity index (χ0v) is 11.0. The Balaban J connectivity index is 1.71. The molecule has 0 atom stereocenters. The van der Waals surface area contributed by atoms with E-state index in [1.165, 1.54) is 5.56 Å². The van der Waals surface area contributed by atoms with Crippen molar-refractivity contribution in [1.29, 1.82) is 0 Å². The number of methoxy groups -OCH3 is 2. The third-order valence-corrected chi connectivity index (χ3v) is 3.34. The quantitative estimate of drug-likeness (QED) is 0.595. The molecule has 1 N–H and O–H groups in total. The van der Waals surface area contributed by atoms with E-state index in [-0.39, 0.29) is 0 Å². The van der Waals surface area contributed by atoms with Gasteiger partial charge in [0, 0.05) is 13.2 Å². The highest BCUT2D eigenvalue weighted by Crippen LogP contribution is 2.37. The topological polar surface area (TPSA) is 39.7 Å². The van der Waals surface area contributed by atoms with Crippen molar-refractivity contribution in [2.24, 2.45) is 0 Å². The molecule has 0 amide bonds. The SMILES string of the molecule is COCCONC1CC(c2cccc(OC)c2)C1. The maximum absolute atomic E-state index is 5.31. The molecule has 1 aliphatic rings. The van der Waals surface area contributed by atoms with Gasteiger partial charge in [0.2, 0.25) is 0 Å². The third-order valence-electron chi connectivity index (χ3n) is 3.34. The predicted octanol–water partition coefficient (Wildman–Crippen LogP) is 2.11. The Bertz CT molecular complexity index is 364. The van der Waals surface area contributed by atoms with Gasteiger partial charge >= 0.3 is 0 Å². The summed E-state index contributed by atoms with van der Waals surface area (Å²) >= 11 is 0. The summed E-state index contributed by atoms with van der Waals surface area (Å²) in [5.74, 6) is 1.55. The van der Waals surface area contributed by atoms with Gasteiger partial charge in [0.1, 0.15) is 5.75 Å². The monoisotopic (exact) mass is 251 g/mol. The maximum Gasteiger partial charge on any atom is 0.119 e. The van der Waals surface area contributed by atoms with Crippen LogP contribution in [0, 0.1) is 0 Å². The molecule has 4 nitrogen and oxygen atoms in total. The van der Waals surface area contributed by atoms with Gasteiger partial charge in [0.05, 0.1) is 20.3 Å². The molecule has 1 saturated carbocycles. The van der Waals surface area contributed by atoms with Crippen molar-refractivity contribution < 1.29 is 14.3 Å². The van der Waals surface area contributed by atoms with Gasteiger partial charge in [-0.25, -0.2) is 0 Å². The first kappa shape index (κ1) is 13.3. The zero-order valence-electron chi connectivity index (χ0n) is 11.0. The van der Waals surface area contributed by atoms with E-state index in [1.807, 2.05) is 12.1 Å². The normalized spacial score (nSPS) is 22.6. The van der Waals surface area contributed by atoms with Crippen molar-refractivity contribution in [3.05, 3.63) is 29.8 Å². The van der Waals surface area contributed by atoms with Gasteiger partial charge in [-0.3, -0.25) is 4.84 Å². The number of hydrogen-bond acceptors (Lipinski definition) is 4. The summed E-state index contributed by atoms with van der Waals surface area (Å²) in [6.07, 6.45) is 2.22. The van der Waals surface area contributed by atoms with E-state index < -0.39 is 0 Å². The van der Waals surface area contributed by atoms with E-state index in [0.717, 1.165) is 18.6 Å². The Morgan fingerprint density at radius 3 is 2.78 bits per heavy atom. The summed E-state index contributed by atoms with van der Waals surface area (Å²) in [6, 6.07) is 8.76. The van der Waals surface area contributed by atoms with Gasteiger partial charge in [-0.2, -0.15) is 5.48 Å². The van der Waals surface area contributed by atoms with Gasteiger partial charge in [0.25, 0.3) is 0 Å². The van der Waals surface area contributed by atoms with Crippen molar-refractivity contribution in [3.8, 4) is 5.75 Å². The average Bonchev–Trinajstić information content (AvgIpc) is 2.36. The van der Waals surface area contributed by atoms with E-state index in [4.69, 9.17) is 14.3 Å². The lowest BCUT2D eigenvalue weighted by atomic mass is 9.76. The van der Waals surface area contributed by atoms with Crippen LogP contribution in [0.5, 0.6) is 5.75 Å². The molecule has 0 saturated heterocycles. The molecule has 0 radical (unpaired) electrons. The molecule has 1 fully saturated rings. The highest BCUT2D eigenvalue weighted by atomic mass is 16.7. The Labute approximate surface area is 108 Å². The molecule has 2 rings (SSSR count). The van der Waals surface area contributed by atoms with Crippen molar-refractivity contribution in [3.63, 3.8) is 0 Å². The summed E-state index contributed by atoms with van der Waals surface area (Å²) in [4.78, 5) is 5.31. The Kier molecular flexibility index (Phi) is 4.99. The second-order valence-corrected chi connectivity index (χ2v) is 4.60. The lowest BCUT2D eigenvalue weighted by molar-refractivity contribution is -0.0303. The molecule has 1 aliphatic carbocycles. The third kappa shape index (κ3) is 3.45. The highest BCUT2D eigenvalue weighted by molar-refractivity contribution is 5.32. The second-order valence-electron chi connectivity index (χ2n) is 4.60. The summed E-state index contributed by atoms with van der Waals surface area (Å²) in [7, 11) is 3.37. The van der Waals surface area contributed by atoms with Gasteiger partial charge in [-0.15, -0.1) is 0 Å². The summed E-state index contributed by atoms with van der Waals surface area (Å²) in [6.45, 7) is 1.22. The number of hydroxylamine groups is 1. The molecular formula is C14H21NO3. The minimum absolute atomic E-state index is 0.457. The fraction of sp³-hybridized carbons (Fsp3) is 0.571. The van der Waals surface area contributed by atoms with Crippen LogP contribution in [0.4, 0.5) is 0 Å². The molecule has 1 aromatic carbocycles. The number of hydrogen-bond donors (Lipinski definition) is 1. The van der Waals surface area contributed by atoms with Crippen molar-refractivity contribution >= 4 is 0 Å². The largest absolute Gasteiger partial charge is 0.497 e. The molecule has 100 valence electrons. The van der Waals surface area contributed by atoms with Crippen molar-refractivity contribution in [2.75, 3.05) is 27.4 Å². The van der Waals surface area contributed by atoms with Crippen LogP contribution in [0.25, 0.3) is 0 Å². The van der Waals surface area contributed by atoms with Crippen LogP contribution in [0.1, 0.15) is 24.3 Å². The Morgan fingerprint density at radius 2 is 2.06 bits per heavy atom. The van der Waals surface area contributed by atoms with Crippen LogP contribution in [0.3, 0.4) is 0 Å². The predicted molar refractivity (Wildman–Crippen MR) is 69.7 cm³/mol. The average molecular weight is 251 g/mol. The first-order chi connectivity index (χ1) is 8.83. The van der Waals surface area contributed by atoms with Gasteiger partial charge in [-0.1, -0.05) is 12.1 Å². The minimum atomic E-state index is 0.457. The first-order valence-electron chi connectivity index (χ1n) is 6.33. The molecule has 4 heteroatoms. The van der Waals surface area contributed by atoms with E-state index in [0.29, 0.717) is 25.2 Å². The van der Waals surface area contributed by atoms with Crippen LogP contribution >= 0.6 is 0 Å². The van der Waals surface area contributed by atoms with E-state index in [2.05, 4.69) is 17.6 Å². The summed E-state index contributed by atoms with van der Waals surface area (Å²) in [5.41, 5.74) is 4.42. The Hall–Kier alpha value is -1.10. The molecule has 1 aromatic rings. The summed E-state index contributed by atoms with van der Waals surface area (Å²) in [5, 5.41) is 0.